The topological polar surface area (TPSA) is 50.9 Å². The van der Waals surface area contributed by atoms with Gasteiger partial charge in [-0.25, -0.2) is 0 Å². The fourth-order valence-corrected chi connectivity index (χ4v) is 2.32. The third-order valence-corrected chi connectivity index (χ3v) is 3.94. The van der Waals surface area contributed by atoms with Crippen LogP contribution in [0.4, 0.5) is 5.69 Å². The van der Waals surface area contributed by atoms with Crippen LogP contribution in [0, 0.1) is 0 Å². The zero-order chi connectivity index (χ0) is 17.2. The lowest BCUT2D eigenvalue weighted by molar-refractivity contribution is 0.102. The van der Waals surface area contributed by atoms with E-state index in [1.54, 1.807) is 0 Å². The molecule has 0 saturated carbocycles. The molecule has 0 aromatic heterocycles. The number of ether oxygens (including phenoxy) is 2. The first-order valence-corrected chi connectivity index (χ1v) is 8.18. The van der Waals surface area contributed by atoms with Gasteiger partial charge in [0.1, 0.15) is 18.5 Å². The Balaban J connectivity index is 1.63. The maximum atomic E-state index is 12.4. The number of benzene rings is 2. The Labute approximate surface area is 142 Å². The summed E-state index contributed by atoms with van der Waals surface area (Å²) in [6.07, 6.45) is 0.236. The predicted octanol–water partition coefficient (Wildman–Crippen LogP) is 4.01. The molecule has 1 amide bonds. The molecule has 1 N–H and O–H groups in total. The Kier molecular flexibility index (Phi) is 4.58. The number of rotatable bonds is 5. The van der Waals surface area contributed by atoms with Crippen molar-refractivity contribution in [3.8, 4) is 5.75 Å². The van der Waals surface area contributed by atoms with Gasteiger partial charge < -0.3 is 14.8 Å². The second-order valence-electron chi connectivity index (χ2n) is 7.08. The quantitative estimate of drug-likeness (QED) is 0.845. The van der Waals surface area contributed by atoms with E-state index >= 15 is 0 Å². The normalized spacial score (nSPS) is 16.5. The van der Waals surface area contributed by atoms with Crippen LogP contribution >= 0.6 is 0 Å². The van der Waals surface area contributed by atoms with Crippen molar-refractivity contribution in [1.82, 2.24) is 0 Å². The molecule has 4 nitrogen and oxygen atoms in total. The Bertz CT molecular complexity index is 712. The number of epoxide rings is 1. The van der Waals surface area contributed by atoms with Crippen LogP contribution in [0.15, 0.2) is 48.5 Å². The van der Waals surface area contributed by atoms with Crippen LogP contribution in [0.3, 0.4) is 0 Å². The highest BCUT2D eigenvalue weighted by atomic mass is 16.6. The van der Waals surface area contributed by atoms with Crippen molar-refractivity contribution in [2.75, 3.05) is 18.5 Å². The van der Waals surface area contributed by atoms with Gasteiger partial charge in [0.05, 0.1) is 6.61 Å². The van der Waals surface area contributed by atoms with Gasteiger partial charge in [0, 0.05) is 11.3 Å². The molecule has 1 saturated heterocycles. The van der Waals surface area contributed by atoms with E-state index in [-0.39, 0.29) is 17.4 Å². The molecule has 126 valence electrons. The molecular formula is C20H23NO3. The highest BCUT2D eigenvalue weighted by Crippen LogP contribution is 2.23. The molecule has 2 aromatic carbocycles. The van der Waals surface area contributed by atoms with Crippen molar-refractivity contribution in [3.63, 3.8) is 0 Å². The Morgan fingerprint density at radius 1 is 1.21 bits per heavy atom. The van der Waals surface area contributed by atoms with Crippen LogP contribution in [0.25, 0.3) is 0 Å². The molecule has 1 atom stereocenters. The van der Waals surface area contributed by atoms with Gasteiger partial charge in [0.2, 0.25) is 0 Å². The van der Waals surface area contributed by atoms with Crippen molar-refractivity contribution >= 4 is 11.6 Å². The van der Waals surface area contributed by atoms with Gasteiger partial charge in [0.25, 0.3) is 5.91 Å². The van der Waals surface area contributed by atoms with Gasteiger partial charge >= 0.3 is 0 Å². The molecule has 0 bridgehead atoms. The SMILES string of the molecule is CC(C)(C)c1cccc(C(=O)Nc2ccc(OCC3CO3)cc2)c1. The van der Waals surface area contributed by atoms with E-state index in [0.29, 0.717) is 12.2 Å². The number of anilines is 1. The van der Waals surface area contributed by atoms with E-state index < -0.39 is 0 Å². The van der Waals surface area contributed by atoms with Gasteiger partial charge in [-0.15, -0.1) is 0 Å². The van der Waals surface area contributed by atoms with Crippen LogP contribution in [-0.2, 0) is 10.2 Å². The minimum Gasteiger partial charge on any atom is -0.491 e. The van der Waals surface area contributed by atoms with Gasteiger partial charge in [-0.3, -0.25) is 4.79 Å². The molecule has 0 aliphatic carbocycles. The Hall–Kier alpha value is -2.33. The number of nitrogens with one attached hydrogen (secondary N) is 1. The van der Waals surface area contributed by atoms with Crippen molar-refractivity contribution < 1.29 is 14.3 Å². The minimum atomic E-state index is -0.110. The first kappa shape index (κ1) is 16.5. The van der Waals surface area contributed by atoms with E-state index in [2.05, 4.69) is 26.1 Å². The summed E-state index contributed by atoms with van der Waals surface area (Å²) < 4.78 is 10.7. The summed E-state index contributed by atoms with van der Waals surface area (Å²) in [5, 5.41) is 2.92. The monoisotopic (exact) mass is 325 g/mol. The molecule has 4 heteroatoms. The maximum absolute atomic E-state index is 12.4. The molecule has 1 aliphatic rings. The standard InChI is InChI=1S/C20H23NO3/c1-20(2,3)15-6-4-5-14(11-15)19(22)21-16-7-9-17(10-8-16)23-12-18-13-24-18/h4-11,18H,12-13H2,1-3H3,(H,21,22). The summed E-state index contributed by atoms with van der Waals surface area (Å²) in [5.41, 5.74) is 2.56. The van der Waals surface area contributed by atoms with E-state index in [1.165, 1.54) is 0 Å². The molecular weight excluding hydrogens is 302 g/mol. The third kappa shape index (κ3) is 4.36. The molecule has 1 aliphatic heterocycles. The summed E-state index contributed by atoms with van der Waals surface area (Å²) in [4.78, 5) is 12.4. The smallest absolute Gasteiger partial charge is 0.255 e. The molecule has 0 spiro atoms. The van der Waals surface area contributed by atoms with Crippen molar-refractivity contribution in [3.05, 3.63) is 59.7 Å². The van der Waals surface area contributed by atoms with Crippen LogP contribution in [0.2, 0.25) is 0 Å². The summed E-state index contributed by atoms with van der Waals surface area (Å²) in [7, 11) is 0. The lowest BCUT2D eigenvalue weighted by Gasteiger charge is -2.19. The third-order valence-electron chi connectivity index (χ3n) is 3.94. The van der Waals surface area contributed by atoms with Crippen molar-refractivity contribution in [2.45, 2.75) is 32.3 Å². The lowest BCUT2D eigenvalue weighted by atomic mass is 9.86. The molecule has 1 unspecified atom stereocenters. The highest BCUT2D eigenvalue weighted by Gasteiger charge is 2.23. The number of carbonyl (C=O) groups excluding carboxylic acids is 1. The second-order valence-corrected chi connectivity index (χ2v) is 7.08. The Morgan fingerprint density at radius 2 is 1.92 bits per heavy atom. The van der Waals surface area contributed by atoms with Gasteiger partial charge in [-0.1, -0.05) is 32.9 Å². The average Bonchev–Trinajstić information content (AvgIpc) is 3.38. The summed E-state index contributed by atoms with van der Waals surface area (Å²) in [5.74, 6) is 0.666. The summed E-state index contributed by atoms with van der Waals surface area (Å²) in [6.45, 7) is 7.76. The molecule has 2 aromatic rings. The zero-order valence-electron chi connectivity index (χ0n) is 14.3. The van der Waals surface area contributed by atoms with Gasteiger partial charge in [-0.2, -0.15) is 0 Å². The number of hydrogen-bond acceptors (Lipinski definition) is 3. The van der Waals surface area contributed by atoms with Crippen LogP contribution in [0.1, 0.15) is 36.7 Å². The van der Waals surface area contributed by atoms with Gasteiger partial charge in [-0.05, 0) is 47.4 Å². The molecule has 1 fully saturated rings. The predicted molar refractivity (Wildman–Crippen MR) is 94.8 cm³/mol. The van der Waals surface area contributed by atoms with E-state index in [9.17, 15) is 4.79 Å². The maximum Gasteiger partial charge on any atom is 0.255 e. The molecule has 24 heavy (non-hydrogen) atoms. The van der Waals surface area contributed by atoms with Gasteiger partial charge in [0.15, 0.2) is 0 Å². The summed E-state index contributed by atoms with van der Waals surface area (Å²) >= 11 is 0. The number of carbonyl (C=O) groups is 1. The van der Waals surface area contributed by atoms with Crippen molar-refractivity contribution in [1.29, 1.82) is 0 Å². The van der Waals surface area contributed by atoms with E-state index in [0.717, 1.165) is 23.6 Å². The Morgan fingerprint density at radius 3 is 2.54 bits per heavy atom. The van der Waals surface area contributed by atoms with Crippen LogP contribution in [0.5, 0.6) is 5.75 Å². The molecule has 0 radical (unpaired) electrons. The van der Waals surface area contributed by atoms with E-state index in [4.69, 9.17) is 9.47 Å². The first-order chi connectivity index (χ1) is 11.4. The number of hydrogen-bond donors (Lipinski definition) is 1. The highest BCUT2D eigenvalue weighted by molar-refractivity contribution is 6.04. The molecule has 3 rings (SSSR count). The molecule has 1 heterocycles. The number of amides is 1. The summed E-state index contributed by atoms with van der Waals surface area (Å²) in [6, 6.07) is 15.1. The largest absolute Gasteiger partial charge is 0.491 e. The van der Waals surface area contributed by atoms with Crippen LogP contribution in [-0.4, -0.2) is 25.2 Å². The van der Waals surface area contributed by atoms with Crippen LogP contribution < -0.4 is 10.1 Å². The lowest BCUT2D eigenvalue weighted by Crippen LogP contribution is -2.15. The van der Waals surface area contributed by atoms with E-state index in [1.807, 2.05) is 48.5 Å². The fraction of sp³-hybridized carbons (Fsp3) is 0.350. The first-order valence-electron chi connectivity index (χ1n) is 8.18. The fourth-order valence-electron chi connectivity index (χ4n) is 2.32. The zero-order valence-corrected chi connectivity index (χ0v) is 14.3. The average molecular weight is 325 g/mol. The second kappa shape index (κ2) is 6.65. The minimum absolute atomic E-state index is 0.0144. The van der Waals surface area contributed by atoms with Crippen molar-refractivity contribution in [2.24, 2.45) is 0 Å².